The Hall–Kier alpha value is -1.44. The highest BCUT2D eigenvalue weighted by molar-refractivity contribution is 5.76. The molecule has 0 aromatic carbocycles. The van der Waals surface area contributed by atoms with Gasteiger partial charge in [-0.2, -0.15) is 5.10 Å². The number of aliphatic hydroxyl groups is 1. The molecule has 1 aliphatic carbocycles. The van der Waals surface area contributed by atoms with E-state index in [1.165, 1.54) is 0 Å². The topological polar surface area (TPSA) is 79.6 Å². The van der Waals surface area contributed by atoms with Crippen LogP contribution in [0.5, 0.6) is 0 Å². The van der Waals surface area contributed by atoms with Crippen molar-refractivity contribution in [3.8, 4) is 0 Å². The molecule has 2 N–H and O–H groups in total. The van der Waals surface area contributed by atoms with Crippen LogP contribution < -0.4 is 5.32 Å². The van der Waals surface area contributed by atoms with Gasteiger partial charge in [-0.3, -0.25) is 14.4 Å². The number of hydrogen-bond donors (Lipinski definition) is 2. The fourth-order valence-corrected chi connectivity index (χ4v) is 3.22. The predicted molar refractivity (Wildman–Crippen MR) is 75.6 cm³/mol. The second-order valence-corrected chi connectivity index (χ2v) is 5.66. The molecule has 0 radical (unpaired) electrons. The van der Waals surface area contributed by atoms with Gasteiger partial charge in [0.15, 0.2) is 0 Å². The summed E-state index contributed by atoms with van der Waals surface area (Å²) in [6.07, 6.45) is 4.61. The van der Waals surface area contributed by atoms with Crippen LogP contribution in [0.3, 0.4) is 0 Å². The molecule has 3 atom stereocenters. The van der Waals surface area contributed by atoms with Gasteiger partial charge in [0.05, 0.1) is 25.4 Å². The summed E-state index contributed by atoms with van der Waals surface area (Å²) >= 11 is 0. The first-order valence-corrected chi connectivity index (χ1v) is 7.51. The lowest BCUT2D eigenvalue weighted by Gasteiger charge is -2.34. The Labute approximate surface area is 123 Å². The van der Waals surface area contributed by atoms with E-state index in [1.807, 2.05) is 0 Å². The number of aromatic nitrogens is 2. The van der Waals surface area contributed by atoms with Gasteiger partial charge in [-0.1, -0.05) is 0 Å². The van der Waals surface area contributed by atoms with Crippen LogP contribution in [0.25, 0.3) is 0 Å². The monoisotopic (exact) mass is 294 g/mol. The molecular formula is C14H22N4O3. The first kappa shape index (κ1) is 14.5. The summed E-state index contributed by atoms with van der Waals surface area (Å²) in [5.41, 5.74) is 0. The second-order valence-electron chi connectivity index (χ2n) is 5.66. The van der Waals surface area contributed by atoms with Crippen molar-refractivity contribution in [1.82, 2.24) is 20.0 Å². The van der Waals surface area contributed by atoms with Crippen LogP contribution in [0.2, 0.25) is 0 Å². The quantitative estimate of drug-likeness (QED) is 0.762. The summed E-state index contributed by atoms with van der Waals surface area (Å²) in [4.78, 5) is 14.2. The van der Waals surface area contributed by atoms with E-state index in [2.05, 4.69) is 15.3 Å². The maximum atomic E-state index is 12.0. The Balaban J connectivity index is 1.51. The highest BCUT2D eigenvalue weighted by Gasteiger charge is 2.39. The van der Waals surface area contributed by atoms with Crippen molar-refractivity contribution in [3.63, 3.8) is 0 Å². The van der Waals surface area contributed by atoms with Crippen molar-refractivity contribution >= 4 is 5.91 Å². The molecule has 7 heteroatoms. The minimum Gasteiger partial charge on any atom is -0.389 e. The van der Waals surface area contributed by atoms with E-state index in [4.69, 9.17) is 4.74 Å². The zero-order valence-corrected chi connectivity index (χ0v) is 12.0. The van der Waals surface area contributed by atoms with Crippen LogP contribution in [0, 0.1) is 0 Å². The lowest BCUT2D eigenvalue weighted by Crippen LogP contribution is -2.51. The smallest absolute Gasteiger partial charge is 0.242 e. The van der Waals surface area contributed by atoms with E-state index >= 15 is 0 Å². The minimum atomic E-state index is -0.510. The summed E-state index contributed by atoms with van der Waals surface area (Å²) in [6, 6.07) is 1.75. The fourth-order valence-electron chi connectivity index (χ4n) is 3.22. The summed E-state index contributed by atoms with van der Waals surface area (Å²) in [5.74, 6) is -0.106. The van der Waals surface area contributed by atoms with E-state index < -0.39 is 6.10 Å². The van der Waals surface area contributed by atoms with Gasteiger partial charge in [-0.15, -0.1) is 0 Å². The number of hydrogen-bond acceptors (Lipinski definition) is 5. The third-order valence-corrected chi connectivity index (χ3v) is 4.31. The Morgan fingerprint density at radius 1 is 1.38 bits per heavy atom. The molecule has 3 rings (SSSR count). The molecule has 1 saturated heterocycles. The molecule has 2 heterocycles. The summed E-state index contributed by atoms with van der Waals surface area (Å²) < 4.78 is 6.92. The maximum absolute atomic E-state index is 12.0. The summed E-state index contributed by atoms with van der Waals surface area (Å²) in [5, 5.41) is 17.4. The molecule has 0 bridgehead atoms. The molecule has 7 nitrogen and oxygen atoms in total. The van der Waals surface area contributed by atoms with Gasteiger partial charge >= 0.3 is 0 Å². The van der Waals surface area contributed by atoms with Crippen molar-refractivity contribution in [2.75, 3.05) is 26.3 Å². The van der Waals surface area contributed by atoms with Gasteiger partial charge in [-0.25, -0.2) is 0 Å². The summed E-state index contributed by atoms with van der Waals surface area (Å²) in [7, 11) is 0. The van der Waals surface area contributed by atoms with Crippen LogP contribution in [0.1, 0.15) is 12.8 Å². The van der Waals surface area contributed by atoms with Gasteiger partial charge in [0, 0.05) is 31.5 Å². The van der Waals surface area contributed by atoms with Gasteiger partial charge in [0.25, 0.3) is 0 Å². The molecule has 2 fully saturated rings. The molecule has 21 heavy (non-hydrogen) atoms. The van der Waals surface area contributed by atoms with Crippen molar-refractivity contribution in [2.45, 2.75) is 37.6 Å². The number of carbonyl (C=O) groups excluding carboxylic acids is 1. The molecule has 1 amide bonds. The molecule has 1 aromatic heterocycles. The molecule has 2 aliphatic rings. The number of aliphatic hydroxyl groups excluding tert-OH is 1. The number of amides is 1. The van der Waals surface area contributed by atoms with Gasteiger partial charge in [0.2, 0.25) is 5.91 Å². The Kier molecular flexibility index (Phi) is 4.52. The number of ether oxygens (including phenoxy) is 1. The Bertz CT molecular complexity index is 459. The summed E-state index contributed by atoms with van der Waals surface area (Å²) in [6.45, 7) is 3.35. The van der Waals surface area contributed by atoms with Crippen molar-refractivity contribution in [2.24, 2.45) is 0 Å². The van der Waals surface area contributed by atoms with E-state index in [0.717, 1.165) is 39.1 Å². The zero-order valence-electron chi connectivity index (χ0n) is 12.0. The van der Waals surface area contributed by atoms with Gasteiger partial charge in [0.1, 0.15) is 6.54 Å². The third-order valence-electron chi connectivity index (χ3n) is 4.31. The molecule has 1 saturated carbocycles. The van der Waals surface area contributed by atoms with E-state index in [0.29, 0.717) is 0 Å². The van der Waals surface area contributed by atoms with Gasteiger partial charge < -0.3 is 15.2 Å². The fraction of sp³-hybridized carbons (Fsp3) is 0.714. The van der Waals surface area contributed by atoms with E-state index in [-0.39, 0.29) is 24.5 Å². The molecule has 0 spiro atoms. The minimum absolute atomic E-state index is 0.106. The standard InChI is InChI=1S/C14H22N4O3/c19-13(10-18-5-1-4-15-18)16-11-2-3-12(14(11)20)17-6-8-21-9-7-17/h1,4-5,11-12,14,20H,2-3,6-10H2,(H,16,19)/t11-,12-,14-/m1/s1. The molecule has 116 valence electrons. The van der Waals surface area contributed by atoms with Crippen LogP contribution in [-0.2, 0) is 16.1 Å². The Morgan fingerprint density at radius 3 is 2.90 bits per heavy atom. The zero-order chi connectivity index (χ0) is 14.7. The molecule has 1 aliphatic heterocycles. The first-order valence-electron chi connectivity index (χ1n) is 7.51. The average molecular weight is 294 g/mol. The van der Waals surface area contributed by atoms with Gasteiger partial charge in [-0.05, 0) is 18.9 Å². The van der Waals surface area contributed by atoms with E-state index in [1.54, 1.807) is 23.1 Å². The van der Waals surface area contributed by atoms with Crippen LogP contribution in [0.15, 0.2) is 18.5 Å². The third kappa shape index (κ3) is 3.42. The normalized spacial score (nSPS) is 30.4. The highest BCUT2D eigenvalue weighted by atomic mass is 16.5. The maximum Gasteiger partial charge on any atom is 0.242 e. The molecule has 1 aromatic rings. The lowest BCUT2D eigenvalue weighted by molar-refractivity contribution is -0.123. The predicted octanol–water partition coefficient (Wildman–Crippen LogP) is -0.777. The number of rotatable bonds is 4. The average Bonchev–Trinajstić information content (AvgIpc) is 3.11. The SMILES string of the molecule is O=C(Cn1cccn1)N[C@@H]1CC[C@@H](N2CCOCC2)[C@@H]1O. The van der Waals surface area contributed by atoms with Crippen molar-refractivity contribution in [1.29, 1.82) is 0 Å². The van der Waals surface area contributed by atoms with E-state index in [9.17, 15) is 9.90 Å². The Morgan fingerprint density at radius 2 is 2.19 bits per heavy atom. The molecule has 0 unspecified atom stereocenters. The van der Waals surface area contributed by atoms with Crippen molar-refractivity contribution in [3.05, 3.63) is 18.5 Å². The number of nitrogens with one attached hydrogen (secondary N) is 1. The lowest BCUT2D eigenvalue weighted by atomic mass is 10.1. The first-order chi connectivity index (χ1) is 10.2. The highest BCUT2D eigenvalue weighted by Crippen LogP contribution is 2.25. The molecular weight excluding hydrogens is 272 g/mol. The van der Waals surface area contributed by atoms with Crippen molar-refractivity contribution < 1.29 is 14.6 Å². The number of nitrogens with zero attached hydrogens (tertiary/aromatic N) is 3. The van der Waals surface area contributed by atoms with Crippen LogP contribution in [-0.4, -0.2) is 70.2 Å². The largest absolute Gasteiger partial charge is 0.389 e. The van der Waals surface area contributed by atoms with Crippen LogP contribution >= 0.6 is 0 Å². The number of carbonyl (C=O) groups is 1. The number of morpholine rings is 1. The second kappa shape index (κ2) is 6.55. The van der Waals surface area contributed by atoms with Crippen LogP contribution in [0.4, 0.5) is 0 Å².